The van der Waals surface area contributed by atoms with Crippen LogP contribution in [0.1, 0.15) is 28.7 Å². The molecular formula is C25H29N3O3. The van der Waals surface area contributed by atoms with Crippen molar-refractivity contribution in [1.82, 2.24) is 15.4 Å². The molecule has 0 spiro atoms. The van der Waals surface area contributed by atoms with Crippen molar-refractivity contribution in [3.05, 3.63) is 77.0 Å². The average Bonchev–Trinajstić information content (AvgIpc) is 3.23. The highest BCUT2D eigenvalue weighted by Crippen LogP contribution is 2.27. The largest absolute Gasteiger partial charge is 0.395 e. The van der Waals surface area contributed by atoms with E-state index in [0.29, 0.717) is 12.6 Å². The molecule has 4 N–H and O–H groups in total. The van der Waals surface area contributed by atoms with Crippen molar-refractivity contribution in [2.24, 2.45) is 0 Å². The Balaban J connectivity index is 1.43. The fraction of sp³-hybridized carbons (Fsp3) is 0.320. The summed E-state index contributed by atoms with van der Waals surface area (Å²) in [7, 11) is 0. The summed E-state index contributed by atoms with van der Waals surface area (Å²) < 4.78 is 0. The molecule has 0 fully saturated rings. The number of carbonyl (C=O) groups is 1. The molecule has 4 rings (SSSR count). The van der Waals surface area contributed by atoms with E-state index >= 15 is 0 Å². The molecule has 0 saturated heterocycles. The molecule has 1 aromatic heterocycles. The van der Waals surface area contributed by atoms with Crippen LogP contribution in [0.3, 0.4) is 0 Å². The zero-order chi connectivity index (χ0) is 21.6. The van der Waals surface area contributed by atoms with E-state index in [0.717, 1.165) is 37.8 Å². The van der Waals surface area contributed by atoms with Gasteiger partial charge < -0.3 is 10.1 Å². The number of amides is 1. The molecule has 2 aromatic carbocycles. The number of rotatable bonds is 8. The normalized spacial score (nSPS) is 16.2. The number of hydrogen-bond acceptors (Lipinski definition) is 4. The predicted molar refractivity (Wildman–Crippen MR) is 122 cm³/mol. The topological polar surface area (TPSA) is 88.6 Å². The molecular weight excluding hydrogens is 390 g/mol. The molecule has 6 nitrogen and oxygen atoms in total. The molecule has 0 radical (unpaired) electrons. The molecule has 31 heavy (non-hydrogen) atoms. The number of aliphatic hydroxyl groups excluding tert-OH is 1. The van der Waals surface area contributed by atoms with E-state index in [9.17, 15) is 9.90 Å². The van der Waals surface area contributed by atoms with E-state index in [-0.39, 0.29) is 6.61 Å². The summed E-state index contributed by atoms with van der Waals surface area (Å²) in [5.41, 5.74) is 7.68. The highest BCUT2D eigenvalue weighted by atomic mass is 16.5. The second-order valence-electron chi connectivity index (χ2n) is 8.10. The van der Waals surface area contributed by atoms with Gasteiger partial charge in [0.05, 0.1) is 6.61 Å². The lowest BCUT2D eigenvalue weighted by atomic mass is 9.86. The number of fused-ring (bicyclic) bond motifs is 2. The lowest BCUT2D eigenvalue weighted by Gasteiger charge is -2.35. The molecule has 0 saturated carbocycles. The molecule has 1 heterocycles. The van der Waals surface area contributed by atoms with Gasteiger partial charge in [0.2, 0.25) is 0 Å². The van der Waals surface area contributed by atoms with Gasteiger partial charge in [-0.05, 0) is 60.1 Å². The van der Waals surface area contributed by atoms with Gasteiger partial charge in [-0.3, -0.25) is 14.9 Å². The van der Waals surface area contributed by atoms with Gasteiger partial charge in [0.1, 0.15) is 0 Å². The van der Waals surface area contributed by atoms with Crippen LogP contribution >= 0.6 is 0 Å². The molecule has 0 aliphatic heterocycles. The van der Waals surface area contributed by atoms with Crippen molar-refractivity contribution in [1.29, 1.82) is 0 Å². The molecule has 162 valence electrons. The third-order valence-electron chi connectivity index (χ3n) is 6.22. The Morgan fingerprint density at radius 1 is 1.19 bits per heavy atom. The van der Waals surface area contributed by atoms with Gasteiger partial charge in [0, 0.05) is 42.3 Å². The summed E-state index contributed by atoms with van der Waals surface area (Å²) in [4.78, 5) is 17.0. The number of aliphatic hydroxyl groups is 1. The predicted octanol–water partition coefficient (Wildman–Crippen LogP) is 3.08. The number of aryl methyl sites for hydroxylation is 1. The van der Waals surface area contributed by atoms with Gasteiger partial charge >= 0.3 is 0 Å². The fourth-order valence-electron chi connectivity index (χ4n) is 4.59. The van der Waals surface area contributed by atoms with Crippen molar-refractivity contribution in [3.63, 3.8) is 0 Å². The number of H-pyrrole nitrogens is 1. The third kappa shape index (κ3) is 5.05. The number of carbonyl (C=O) groups excluding carboxylic acids is 1. The number of para-hydroxylation sites is 1. The minimum atomic E-state index is -0.535. The zero-order valence-corrected chi connectivity index (χ0v) is 17.6. The molecule has 1 aliphatic rings. The first-order chi connectivity index (χ1) is 15.2. The van der Waals surface area contributed by atoms with Gasteiger partial charge in [-0.25, -0.2) is 5.48 Å². The highest BCUT2D eigenvalue weighted by molar-refractivity contribution is 5.90. The van der Waals surface area contributed by atoms with Crippen molar-refractivity contribution in [2.45, 2.75) is 31.7 Å². The van der Waals surface area contributed by atoms with Crippen LogP contribution in [0.25, 0.3) is 17.0 Å². The smallest absolute Gasteiger partial charge is 0.267 e. The molecule has 0 bridgehead atoms. The van der Waals surface area contributed by atoms with Crippen LogP contribution in [0.2, 0.25) is 0 Å². The number of hydroxylamine groups is 1. The maximum atomic E-state index is 11.2. The molecule has 6 heteroatoms. The molecule has 1 aliphatic carbocycles. The van der Waals surface area contributed by atoms with E-state index in [1.807, 2.05) is 12.1 Å². The number of aromatic amines is 1. The Labute approximate surface area is 182 Å². The van der Waals surface area contributed by atoms with Crippen molar-refractivity contribution < 1.29 is 15.1 Å². The van der Waals surface area contributed by atoms with Crippen LogP contribution < -0.4 is 5.48 Å². The van der Waals surface area contributed by atoms with E-state index in [1.54, 1.807) is 11.6 Å². The number of nitrogens with one attached hydrogen (secondary N) is 2. The SMILES string of the molecule is O=C(/C=C/c1ccc2c(c1)CCC(N(CCO)CCc1c[nH]c3ccccc13)C2)NO. The standard InChI is InChI=1S/C25H29N3O3/c29-14-13-28(12-11-21-17-26-24-4-2-1-3-23(21)24)22-9-8-19-15-18(5-7-20(19)16-22)6-10-25(30)27-31/h1-7,10,15,17,22,26,29,31H,8-9,11-14,16H2,(H,27,30)/b10-6+. The van der Waals surface area contributed by atoms with Crippen molar-refractivity contribution in [3.8, 4) is 0 Å². The number of aromatic nitrogens is 1. The maximum Gasteiger partial charge on any atom is 0.267 e. The first kappa shape index (κ1) is 21.3. The lowest BCUT2D eigenvalue weighted by molar-refractivity contribution is -0.124. The van der Waals surface area contributed by atoms with Crippen LogP contribution in [-0.2, 0) is 24.1 Å². The Morgan fingerprint density at radius 3 is 2.90 bits per heavy atom. The van der Waals surface area contributed by atoms with Gasteiger partial charge in [-0.1, -0.05) is 36.4 Å². The van der Waals surface area contributed by atoms with Crippen molar-refractivity contribution in [2.75, 3.05) is 19.7 Å². The Kier molecular flexibility index (Phi) is 6.82. The van der Waals surface area contributed by atoms with Gasteiger partial charge in [0.25, 0.3) is 5.91 Å². The summed E-state index contributed by atoms with van der Waals surface area (Å²) >= 11 is 0. The number of benzene rings is 2. The van der Waals surface area contributed by atoms with E-state index in [1.165, 1.54) is 33.7 Å². The highest BCUT2D eigenvalue weighted by Gasteiger charge is 2.24. The Hall–Kier alpha value is -2.93. The van der Waals surface area contributed by atoms with Crippen LogP contribution in [0, 0.1) is 0 Å². The second-order valence-corrected chi connectivity index (χ2v) is 8.10. The molecule has 1 unspecified atom stereocenters. The van der Waals surface area contributed by atoms with Crippen LogP contribution in [0.5, 0.6) is 0 Å². The first-order valence-corrected chi connectivity index (χ1v) is 10.8. The number of hydrogen-bond donors (Lipinski definition) is 4. The molecule has 1 amide bonds. The monoisotopic (exact) mass is 419 g/mol. The van der Waals surface area contributed by atoms with Crippen LogP contribution in [0.4, 0.5) is 0 Å². The quantitative estimate of drug-likeness (QED) is 0.257. The first-order valence-electron chi connectivity index (χ1n) is 10.8. The average molecular weight is 420 g/mol. The number of nitrogens with zero attached hydrogens (tertiary/aromatic N) is 1. The zero-order valence-electron chi connectivity index (χ0n) is 17.6. The summed E-state index contributed by atoms with van der Waals surface area (Å²) in [5.74, 6) is -0.535. The Bertz CT molecular complexity index is 1070. The second kappa shape index (κ2) is 9.92. The van der Waals surface area contributed by atoms with E-state index in [2.05, 4.69) is 46.4 Å². The minimum absolute atomic E-state index is 0.161. The summed E-state index contributed by atoms with van der Waals surface area (Å²) in [6.07, 6.45) is 9.06. The summed E-state index contributed by atoms with van der Waals surface area (Å²) in [6.45, 7) is 1.76. The fourth-order valence-corrected chi connectivity index (χ4v) is 4.59. The van der Waals surface area contributed by atoms with Gasteiger partial charge in [-0.2, -0.15) is 0 Å². The van der Waals surface area contributed by atoms with Gasteiger partial charge in [-0.15, -0.1) is 0 Å². The molecule has 1 atom stereocenters. The maximum absolute atomic E-state index is 11.2. The van der Waals surface area contributed by atoms with Crippen LogP contribution in [0.15, 0.2) is 54.7 Å². The summed E-state index contributed by atoms with van der Waals surface area (Å²) in [5, 5.41) is 19.5. The lowest BCUT2D eigenvalue weighted by Crippen LogP contribution is -2.42. The summed E-state index contributed by atoms with van der Waals surface area (Å²) in [6, 6.07) is 15.0. The molecule has 3 aromatic rings. The Morgan fingerprint density at radius 2 is 2.06 bits per heavy atom. The van der Waals surface area contributed by atoms with Crippen molar-refractivity contribution >= 4 is 22.9 Å². The van der Waals surface area contributed by atoms with Gasteiger partial charge in [0.15, 0.2) is 0 Å². The van der Waals surface area contributed by atoms with E-state index in [4.69, 9.17) is 5.21 Å². The minimum Gasteiger partial charge on any atom is -0.395 e. The van der Waals surface area contributed by atoms with Crippen LogP contribution in [-0.4, -0.2) is 51.8 Å². The van der Waals surface area contributed by atoms with E-state index < -0.39 is 5.91 Å². The third-order valence-corrected chi connectivity index (χ3v) is 6.22.